The molecule has 0 atom stereocenters. The van der Waals surface area contributed by atoms with Crippen LogP contribution in [-0.2, 0) is 0 Å². The van der Waals surface area contributed by atoms with Gasteiger partial charge in [-0.3, -0.25) is 4.79 Å². The molecule has 86 valence electrons. The van der Waals surface area contributed by atoms with E-state index in [1.54, 1.807) is 25.1 Å². The quantitative estimate of drug-likeness (QED) is 0.819. The highest BCUT2D eigenvalue weighted by molar-refractivity contribution is 5.96. The average Bonchev–Trinajstić information content (AvgIpc) is 2.98. The number of amides is 1. The van der Waals surface area contributed by atoms with Gasteiger partial charge in [0.1, 0.15) is 5.75 Å². The Morgan fingerprint density at radius 3 is 2.81 bits per heavy atom. The van der Waals surface area contributed by atoms with E-state index in [1.807, 2.05) is 0 Å². The molecule has 3 nitrogen and oxygen atoms in total. The lowest BCUT2D eigenvalue weighted by Gasteiger charge is -2.11. The summed E-state index contributed by atoms with van der Waals surface area (Å²) in [4.78, 5) is 11.9. The maximum Gasteiger partial charge on any atom is 0.251 e. The number of hydrogen-bond donors (Lipinski definition) is 2. The summed E-state index contributed by atoms with van der Waals surface area (Å²) in [6.45, 7) is 4.65. The van der Waals surface area contributed by atoms with Crippen LogP contribution in [0.3, 0.4) is 0 Å². The summed E-state index contributed by atoms with van der Waals surface area (Å²) in [5.41, 5.74) is 1.51. The normalized spacial score (nSPS) is 16.9. The Kier molecular flexibility index (Phi) is 2.62. The van der Waals surface area contributed by atoms with E-state index in [0.29, 0.717) is 16.5 Å². The molecule has 0 radical (unpaired) electrons. The van der Waals surface area contributed by atoms with E-state index in [4.69, 9.17) is 0 Å². The van der Waals surface area contributed by atoms with Crippen molar-refractivity contribution < 1.29 is 9.90 Å². The van der Waals surface area contributed by atoms with E-state index in [0.717, 1.165) is 6.54 Å². The maximum atomic E-state index is 11.9. The predicted molar refractivity (Wildman–Crippen MR) is 62.5 cm³/mol. The van der Waals surface area contributed by atoms with Gasteiger partial charge in [0.05, 0.1) is 0 Å². The molecule has 2 N–H and O–H groups in total. The van der Waals surface area contributed by atoms with Crippen LogP contribution >= 0.6 is 0 Å². The molecule has 0 spiro atoms. The van der Waals surface area contributed by atoms with E-state index in [9.17, 15) is 9.90 Å². The Balaban J connectivity index is 2.05. The van der Waals surface area contributed by atoms with E-state index in [2.05, 4.69) is 12.2 Å². The van der Waals surface area contributed by atoms with Crippen LogP contribution in [0.2, 0.25) is 0 Å². The summed E-state index contributed by atoms with van der Waals surface area (Å²) in [6, 6.07) is 5.02. The molecule has 1 aliphatic carbocycles. The second-order valence-electron chi connectivity index (χ2n) is 4.94. The number of carbonyl (C=O) groups is 1. The molecule has 1 fully saturated rings. The summed E-state index contributed by atoms with van der Waals surface area (Å²) in [5, 5.41) is 12.4. The number of aromatic hydroxyl groups is 1. The smallest absolute Gasteiger partial charge is 0.251 e. The lowest BCUT2D eigenvalue weighted by atomic mass is 10.1. The highest BCUT2D eigenvalue weighted by Crippen LogP contribution is 2.44. The Morgan fingerprint density at radius 1 is 1.50 bits per heavy atom. The van der Waals surface area contributed by atoms with Gasteiger partial charge >= 0.3 is 0 Å². The van der Waals surface area contributed by atoms with Crippen LogP contribution in [0.1, 0.15) is 35.7 Å². The maximum absolute atomic E-state index is 11.9. The zero-order chi connectivity index (χ0) is 11.8. The molecule has 1 saturated carbocycles. The van der Waals surface area contributed by atoms with Crippen LogP contribution in [0, 0.1) is 12.3 Å². The third kappa shape index (κ3) is 2.18. The van der Waals surface area contributed by atoms with Gasteiger partial charge in [-0.25, -0.2) is 0 Å². The van der Waals surface area contributed by atoms with Gasteiger partial charge in [0.25, 0.3) is 5.91 Å². The predicted octanol–water partition coefficient (Wildman–Crippen LogP) is 2.23. The number of phenols is 1. The molecular formula is C13H17NO2. The van der Waals surface area contributed by atoms with Crippen molar-refractivity contribution in [2.45, 2.75) is 26.7 Å². The molecule has 0 saturated heterocycles. The Bertz CT molecular complexity index is 422. The first-order chi connectivity index (χ1) is 7.52. The van der Waals surface area contributed by atoms with Crippen molar-refractivity contribution in [3.8, 4) is 5.75 Å². The highest BCUT2D eigenvalue weighted by atomic mass is 16.3. The second-order valence-corrected chi connectivity index (χ2v) is 4.94. The fraction of sp³-hybridized carbons (Fsp3) is 0.462. The second kappa shape index (κ2) is 3.81. The van der Waals surface area contributed by atoms with Gasteiger partial charge in [-0.15, -0.1) is 0 Å². The Morgan fingerprint density at radius 2 is 2.19 bits per heavy atom. The Hall–Kier alpha value is -1.51. The third-order valence-electron chi connectivity index (χ3n) is 3.33. The number of phenolic OH excluding ortho intramolecular Hbond substituents is 1. The highest BCUT2D eigenvalue weighted by Gasteiger charge is 2.37. The molecule has 0 bridgehead atoms. The van der Waals surface area contributed by atoms with Crippen molar-refractivity contribution in [2.24, 2.45) is 5.41 Å². The van der Waals surface area contributed by atoms with Gasteiger partial charge in [0.15, 0.2) is 0 Å². The first-order valence-corrected chi connectivity index (χ1v) is 5.59. The molecule has 16 heavy (non-hydrogen) atoms. The van der Waals surface area contributed by atoms with Gasteiger partial charge in [-0.05, 0) is 37.3 Å². The lowest BCUT2D eigenvalue weighted by molar-refractivity contribution is 0.0945. The van der Waals surface area contributed by atoms with Gasteiger partial charge in [-0.1, -0.05) is 13.0 Å². The number of hydrogen-bond acceptors (Lipinski definition) is 2. The van der Waals surface area contributed by atoms with Gasteiger partial charge < -0.3 is 10.4 Å². The molecule has 1 aromatic rings. The summed E-state index contributed by atoms with van der Waals surface area (Å²) in [6.07, 6.45) is 2.37. The molecule has 0 aliphatic heterocycles. The minimum Gasteiger partial charge on any atom is -0.508 e. The molecule has 0 aromatic heterocycles. The average molecular weight is 219 g/mol. The first kappa shape index (κ1) is 11.0. The molecular weight excluding hydrogens is 202 g/mol. The monoisotopic (exact) mass is 219 g/mol. The number of nitrogens with one attached hydrogen (secondary N) is 1. The Labute approximate surface area is 95.5 Å². The number of benzene rings is 1. The van der Waals surface area contributed by atoms with Crippen LogP contribution in [0.15, 0.2) is 18.2 Å². The number of rotatable bonds is 3. The van der Waals surface area contributed by atoms with Crippen molar-refractivity contribution in [1.29, 1.82) is 0 Å². The molecule has 1 aliphatic rings. The molecule has 0 heterocycles. The van der Waals surface area contributed by atoms with Gasteiger partial charge in [0, 0.05) is 17.7 Å². The zero-order valence-corrected chi connectivity index (χ0v) is 9.71. The van der Waals surface area contributed by atoms with Gasteiger partial charge in [-0.2, -0.15) is 0 Å². The topological polar surface area (TPSA) is 49.3 Å². The van der Waals surface area contributed by atoms with Crippen molar-refractivity contribution >= 4 is 5.91 Å². The summed E-state index contributed by atoms with van der Waals surface area (Å²) < 4.78 is 0. The van der Waals surface area contributed by atoms with Crippen LogP contribution < -0.4 is 5.32 Å². The first-order valence-electron chi connectivity index (χ1n) is 5.59. The zero-order valence-electron chi connectivity index (χ0n) is 9.71. The largest absolute Gasteiger partial charge is 0.508 e. The minimum atomic E-state index is -0.0958. The summed E-state index contributed by atoms with van der Waals surface area (Å²) >= 11 is 0. The van der Waals surface area contributed by atoms with Crippen molar-refractivity contribution in [3.63, 3.8) is 0 Å². The van der Waals surface area contributed by atoms with Crippen LogP contribution in [0.25, 0.3) is 0 Å². The summed E-state index contributed by atoms with van der Waals surface area (Å²) in [5.74, 6) is 0.0757. The van der Waals surface area contributed by atoms with Crippen LogP contribution in [-0.4, -0.2) is 17.6 Å². The molecule has 1 aromatic carbocycles. The fourth-order valence-electron chi connectivity index (χ4n) is 1.65. The minimum absolute atomic E-state index is 0.0958. The molecule has 0 unspecified atom stereocenters. The summed E-state index contributed by atoms with van der Waals surface area (Å²) in [7, 11) is 0. The third-order valence-corrected chi connectivity index (χ3v) is 3.33. The van der Waals surface area contributed by atoms with E-state index in [-0.39, 0.29) is 11.7 Å². The van der Waals surface area contributed by atoms with Gasteiger partial charge in [0.2, 0.25) is 0 Å². The lowest BCUT2D eigenvalue weighted by Crippen LogP contribution is -2.29. The van der Waals surface area contributed by atoms with E-state index in [1.165, 1.54) is 12.8 Å². The van der Waals surface area contributed by atoms with Crippen molar-refractivity contribution in [1.82, 2.24) is 5.32 Å². The molecule has 1 amide bonds. The van der Waals surface area contributed by atoms with E-state index >= 15 is 0 Å². The van der Waals surface area contributed by atoms with Crippen molar-refractivity contribution in [2.75, 3.05) is 6.54 Å². The fourth-order valence-corrected chi connectivity index (χ4v) is 1.65. The SMILES string of the molecule is Cc1c(O)cccc1C(=O)NCC1(C)CC1. The molecule has 2 rings (SSSR count). The number of carbonyl (C=O) groups excluding carboxylic acids is 1. The standard InChI is InChI=1S/C13H17NO2/c1-9-10(4-3-5-11(9)15)12(16)14-8-13(2)6-7-13/h3-5,15H,6-8H2,1-2H3,(H,14,16). The van der Waals surface area contributed by atoms with E-state index < -0.39 is 0 Å². The van der Waals surface area contributed by atoms with Crippen LogP contribution in [0.4, 0.5) is 0 Å². The van der Waals surface area contributed by atoms with Crippen molar-refractivity contribution in [3.05, 3.63) is 29.3 Å². The molecule has 3 heteroatoms. The van der Waals surface area contributed by atoms with Crippen LogP contribution in [0.5, 0.6) is 5.75 Å².